The molecule has 0 unspecified atom stereocenters. The Kier molecular flexibility index (Phi) is 25.6. The molecular formula is C48H81N3O36. The van der Waals surface area contributed by atoms with Gasteiger partial charge >= 0.3 is 0 Å². The Labute approximate surface area is 492 Å². The summed E-state index contributed by atoms with van der Waals surface area (Å²) in [5, 5.41) is 221. The summed E-state index contributed by atoms with van der Waals surface area (Å²) >= 11 is 0. The number of ether oxygens (including phenoxy) is 13. The molecule has 0 saturated carbocycles. The van der Waals surface area contributed by atoms with Crippen LogP contribution < -0.4 is 16.0 Å². The van der Waals surface area contributed by atoms with Crippen LogP contribution in [0, 0.1) is 0 Å². The van der Waals surface area contributed by atoms with Crippen molar-refractivity contribution in [3.05, 3.63) is 0 Å². The minimum Gasteiger partial charge on any atom is -0.394 e. The number of nitrogens with one attached hydrogen (secondary N) is 3. The molecule has 0 aliphatic carbocycles. The molecular weight excluding hydrogens is 1190 g/mol. The summed E-state index contributed by atoms with van der Waals surface area (Å²) in [6.45, 7) is -3.41. The number of hydrogen-bond acceptors (Lipinski definition) is 36. The molecule has 39 heteroatoms. The van der Waals surface area contributed by atoms with Gasteiger partial charge in [-0.1, -0.05) is 0 Å². The monoisotopic (exact) mass is 1280 g/mol. The van der Waals surface area contributed by atoms with Crippen LogP contribution in [0.4, 0.5) is 0 Å². The zero-order chi connectivity index (χ0) is 64.2. The molecule has 87 heavy (non-hydrogen) atoms. The van der Waals surface area contributed by atoms with E-state index in [2.05, 4.69) is 16.0 Å². The molecule has 7 saturated heterocycles. The second-order valence-corrected chi connectivity index (χ2v) is 21.9. The van der Waals surface area contributed by atoms with E-state index in [1.165, 1.54) is 0 Å². The minimum atomic E-state index is -2.23. The van der Waals surface area contributed by atoms with Crippen molar-refractivity contribution in [2.24, 2.45) is 0 Å². The Morgan fingerprint density at radius 1 is 0.299 bits per heavy atom. The van der Waals surface area contributed by atoms with Crippen molar-refractivity contribution in [3.8, 4) is 0 Å². The van der Waals surface area contributed by atoms with Crippen LogP contribution in [0.5, 0.6) is 0 Å². The standard InChI is InChI=1S/C48H81N3O36/c1-11(57)49-21-27(63)24(60)14(4-52)78-44(21)84-40-17(7-55)81-48(36(72)32(40)68)87-39-16(6-54)80-45(23(29(39)65)51-13(3)59)85-41-18(8-56)82-47(37(73)33(41)69)86-38-15(5-53)79-43(22(28(38)64)50-12(2)58)75-10-20-26(62)31(67)35(71)46(83-20)76-9-19-25(61)30(66)34(70)42(74)77-19/h14-48,52-56,60-74H,4-10H2,1-3H3,(H,49,57)(H,50,58)(H,51,59)/t14-,15-,16-,17-,18-,19-,20-,21-,22-,23-,24-,25-,26-,27-,28-,29-,30+,31+,32+,33-,34+,35+,36-,37-,38-,39-,40+,41+,42-,43-,44+,45+,46+,47+,48+/m1/s1. The van der Waals surface area contributed by atoms with Crippen LogP contribution in [-0.2, 0) is 76.0 Å². The Morgan fingerprint density at radius 2 is 0.586 bits per heavy atom. The van der Waals surface area contributed by atoms with E-state index in [1.54, 1.807) is 0 Å². The zero-order valence-corrected chi connectivity index (χ0v) is 46.6. The molecule has 0 bridgehead atoms. The first-order valence-corrected chi connectivity index (χ1v) is 27.6. The highest BCUT2D eigenvalue weighted by Gasteiger charge is 2.58. The van der Waals surface area contributed by atoms with Crippen molar-refractivity contribution in [1.82, 2.24) is 16.0 Å². The maximum absolute atomic E-state index is 12.6. The van der Waals surface area contributed by atoms with E-state index in [9.17, 15) is 117 Å². The van der Waals surface area contributed by atoms with Crippen LogP contribution in [0.3, 0.4) is 0 Å². The van der Waals surface area contributed by atoms with Gasteiger partial charge in [0.15, 0.2) is 44.0 Å². The first kappa shape index (κ1) is 71.5. The maximum Gasteiger partial charge on any atom is 0.217 e. The Hall–Kier alpha value is -2.91. The second kappa shape index (κ2) is 31.1. The predicted molar refractivity (Wildman–Crippen MR) is 267 cm³/mol. The molecule has 39 nitrogen and oxygen atoms in total. The van der Waals surface area contributed by atoms with Gasteiger partial charge in [0, 0.05) is 20.8 Å². The largest absolute Gasteiger partial charge is 0.394 e. The van der Waals surface area contributed by atoms with Gasteiger partial charge in [-0.15, -0.1) is 0 Å². The van der Waals surface area contributed by atoms with Crippen molar-refractivity contribution in [3.63, 3.8) is 0 Å². The first-order chi connectivity index (χ1) is 41.1. The van der Waals surface area contributed by atoms with E-state index >= 15 is 0 Å². The fourth-order valence-corrected chi connectivity index (χ4v) is 11.0. The van der Waals surface area contributed by atoms with E-state index in [0.717, 1.165) is 20.8 Å². The van der Waals surface area contributed by atoms with E-state index in [-0.39, 0.29) is 0 Å². The third kappa shape index (κ3) is 15.9. The molecule has 3 amide bonds. The minimum absolute atomic E-state index is 0.723. The van der Waals surface area contributed by atoms with E-state index < -0.39 is 279 Å². The fourth-order valence-electron chi connectivity index (χ4n) is 11.0. The average Bonchev–Trinajstić information content (AvgIpc) is 3.50. The Bertz CT molecular complexity index is 2190. The lowest BCUT2D eigenvalue weighted by Crippen LogP contribution is -2.70. The van der Waals surface area contributed by atoms with E-state index in [4.69, 9.17) is 61.6 Å². The highest BCUT2D eigenvalue weighted by atomic mass is 16.8. The molecule has 7 aliphatic rings. The quantitative estimate of drug-likeness (QED) is 0.0479. The highest BCUT2D eigenvalue weighted by Crippen LogP contribution is 2.37. The third-order valence-corrected chi connectivity index (χ3v) is 15.7. The smallest absolute Gasteiger partial charge is 0.217 e. The van der Waals surface area contributed by atoms with E-state index in [0.29, 0.717) is 0 Å². The van der Waals surface area contributed by atoms with Crippen LogP contribution in [0.15, 0.2) is 0 Å². The normalized spacial score (nSPS) is 48.9. The summed E-state index contributed by atoms with van der Waals surface area (Å²) in [5.74, 6) is -2.40. The number of aliphatic hydroxyl groups excluding tert-OH is 20. The predicted octanol–water partition coefficient (Wildman–Crippen LogP) is -15.8. The molecule has 0 aromatic heterocycles. The van der Waals surface area contributed by atoms with Gasteiger partial charge in [-0.05, 0) is 0 Å². The number of hydrogen-bond donors (Lipinski definition) is 23. The zero-order valence-electron chi connectivity index (χ0n) is 46.6. The van der Waals surface area contributed by atoms with Crippen LogP contribution in [0.25, 0.3) is 0 Å². The summed E-state index contributed by atoms with van der Waals surface area (Å²) in [6.07, 6.45) is -59.9. The Balaban J connectivity index is 0.996. The van der Waals surface area contributed by atoms with Crippen molar-refractivity contribution < 1.29 is 178 Å². The molecule has 0 aromatic carbocycles. The van der Waals surface area contributed by atoms with E-state index in [1.807, 2.05) is 0 Å². The summed E-state index contributed by atoms with van der Waals surface area (Å²) in [5.41, 5.74) is 0. The van der Waals surface area contributed by atoms with Gasteiger partial charge in [0.2, 0.25) is 17.7 Å². The SMILES string of the molecule is CC(=O)N[C@H]1[C@H](OC[C@H]2O[C@H](OC[C@H]3O[C@@H](O)[C@@H](O)[C@@H](O)[C@@H]3O)[C@@H](O)[C@@H](O)[C@@H]2O)O[C@H](CO)[C@@H](O[C@@H]2O[C@H](CO)[C@H](O[C@@H]3O[C@H](CO)[C@@H](O[C@@H]4O[C@H](CO)[C@H](O[C@@H]5O[C@H](CO)[C@@H](O)[C@H](O)[C@H]5NC(C)=O)[C@@H](O)[C@H]4O)[C@H](O)[C@H]3NC(C)=O)[C@H](O)[C@H]2O)[C@@H]1O. The van der Waals surface area contributed by atoms with Gasteiger partial charge in [0.05, 0.1) is 46.2 Å². The molecule has 7 rings (SSSR count). The van der Waals surface area contributed by atoms with Crippen molar-refractivity contribution in [2.75, 3.05) is 46.2 Å². The molecule has 0 spiro atoms. The molecule has 504 valence electrons. The highest BCUT2D eigenvalue weighted by molar-refractivity contribution is 5.74. The fraction of sp³-hybridized carbons (Fsp3) is 0.938. The lowest BCUT2D eigenvalue weighted by molar-refractivity contribution is -0.382. The topological polar surface area (TPSA) is 612 Å². The molecule has 7 aliphatic heterocycles. The van der Waals surface area contributed by atoms with Gasteiger partial charge in [-0.25, -0.2) is 0 Å². The van der Waals surface area contributed by atoms with Crippen molar-refractivity contribution >= 4 is 17.7 Å². The van der Waals surface area contributed by atoms with Crippen LogP contribution in [0.2, 0.25) is 0 Å². The van der Waals surface area contributed by atoms with Gasteiger partial charge in [0.1, 0.15) is 171 Å². The molecule has 0 aromatic rings. The second-order valence-electron chi connectivity index (χ2n) is 21.9. The number of aliphatic hydroxyl groups is 20. The average molecular weight is 1280 g/mol. The molecule has 23 N–H and O–H groups in total. The Morgan fingerprint density at radius 3 is 1.00 bits per heavy atom. The number of carbonyl (C=O) groups is 3. The summed E-state index contributed by atoms with van der Waals surface area (Å²) < 4.78 is 74.2. The lowest BCUT2D eigenvalue weighted by atomic mass is 9.94. The van der Waals surface area contributed by atoms with Gasteiger partial charge < -0.3 is 180 Å². The van der Waals surface area contributed by atoms with Crippen LogP contribution in [-0.4, -0.2) is 381 Å². The van der Waals surface area contributed by atoms with Gasteiger partial charge in [-0.2, -0.15) is 0 Å². The molecule has 7 fully saturated rings. The molecule has 35 atom stereocenters. The lowest BCUT2D eigenvalue weighted by Gasteiger charge is -2.50. The summed E-state index contributed by atoms with van der Waals surface area (Å²) in [4.78, 5) is 37.1. The van der Waals surface area contributed by atoms with Crippen LogP contribution in [0.1, 0.15) is 20.8 Å². The van der Waals surface area contributed by atoms with Crippen LogP contribution >= 0.6 is 0 Å². The first-order valence-electron chi connectivity index (χ1n) is 27.6. The van der Waals surface area contributed by atoms with Gasteiger partial charge in [0.25, 0.3) is 0 Å². The third-order valence-electron chi connectivity index (χ3n) is 15.7. The number of amides is 3. The maximum atomic E-state index is 12.6. The number of rotatable bonds is 22. The molecule has 7 heterocycles. The van der Waals surface area contributed by atoms with Gasteiger partial charge in [-0.3, -0.25) is 14.4 Å². The molecule has 0 radical (unpaired) electrons. The van der Waals surface area contributed by atoms with Crippen molar-refractivity contribution in [2.45, 2.75) is 236 Å². The number of carbonyl (C=O) groups excluding carboxylic acids is 3. The summed E-state index contributed by atoms with van der Waals surface area (Å²) in [7, 11) is 0. The van der Waals surface area contributed by atoms with Crippen molar-refractivity contribution in [1.29, 1.82) is 0 Å². The summed E-state index contributed by atoms with van der Waals surface area (Å²) in [6, 6.07) is -4.98.